The molecule has 0 saturated carbocycles. The Morgan fingerprint density at radius 3 is 2.29 bits per heavy atom. The topological polar surface area (TPSA) is 53.1 Å². The Kier molecular flexibility index (Phi) is 8.77. The fraction of sp³-hybridized carbons (Fsp3) is 0.636. The maximum Gasteiger partial charge on any atom is 0.414 e. The van der Waals surface area contributed by atoms with Crippen molar-refractivity contribution in [3.8, 4) is 5.75 Å². The highest BCUT2D eigenvalue weighted by molar-refractivity contribution is 5.76. The van der Waals surface area contributed by atoms with Crippen molar-refractivity contribution in [1.82, 2.24) is 14.7 Å². The van der Waals surface area contributed by atoms with E-state index in [0.717, 1.165) is 44.6 Å². The molecule has 0 unspecified atom stereocenters. The van der Waals surface area contributed by atoms with E-state index in [2.05, 4.69) is 18.7 Å². The third kappa shape index (κ3) is 6.51. The minimum Gasteiger partial charge on any atom is -0.410 e. The highest BCUT2D eigenvalue weighted by Crippen LogP contribution is 2.19. The molecule has 0 spiro atoms. The number of hydrogen-bond donors (Lipinski definition) is 0. The van der Waals surface area contributed by atoms with E-state index in [4.69, 9.17) is 4.74 Å². The first-order valence-electron chi connectivity index (χ1n) is 10.4. The van der Waals surface area contributed by atoms with Gasteiger partial charge in [-0.2, -0.15) is 0 Å². The van der Waals surface area contributed by atoms with Gasteiger partial charge in [0.25, 0.3) is 0 Å². The van der Waals surface area contributed by atoms with Crippen molar-refractivity contribution in [2.24, 2.45) is 0 Å². The van der Waals surface area contributed by atoms with Crippen molar-refractivity contribution in [3.63, 3.8) is 0 Å². The maximum atomic E-state index is 12.6. The normalized spacial score (nSPS) is 15.0. The number of benzene rings is 1. The summed E-state index contributed by atoms with van der Waals surface area (Å²) in [6.07, 6.45) is 4.16. The molecule has 0 aliphatic carbocycles. The van der Waals surface area contributed by atoms with E-state index in [1.807, 2.05) is 17.0 Å². The van der Waals surface area contributed by atoms with Gasteiger partial charge in [0.2, 0.25) is 5.91 Å². The predicted molar refractivity (Wildman–Crippen MR) is 112 cm³/mol. The Morgan fingerprint density at radius 2 is 1.75 bits per heavy atom. The van der Waals surface area contributed by atoms with Gasteiger partial charge in [0, 0.05) is 39.6 Å². The van der Waals surface area contributed by atoms with E-state index in [-0.39, 0.29) is 5.91 Å². The fourth-order valence-electron chi connectivity index (χ4n) is 3.69. The zero-order chi connectivity index (χ0) is 20.5. The second kappa shape index (κ2) is 11.1. The third-order valence-corrected chi connectivity index (χ3v) is 5.37. The van der Waals surface area contributed by atoms with Crippen molar-refractivity contribution in [3.05, 3.63) is 29.8 Å². The second-order valence-electron chi connectivity index (χ2n) is 7.65. The molecule has 2 rings (SSSR count). The number of hydrogen-bond acceptors (Lipinski definition) is 4. The predicted octanol–water partition coefficient (Wildman–Crippen LogP) is 3.40. The number of aryl methyl sites for hydroxylation is 1. The van der Waals surface area contributed by atoms with Gasteiger partial charge in [-0.1, -0.05) is 26.0 Å². The van der Waals surface area contributed by atoms with Crippen LogP contribution in [0, 0.1) is 0 Å². The average molecular weight is 390 g/mol. The van der Waals surface area contributed by atoms with Crippen LogP contribution < -0.4 is 4.74 Å². The summed E-state index contributed by atoms with van der Waals surface area (Å²) in [5, 5.41) is 0. The first-order valence-corrected chi connectivity index (χ1v) is 10.4. The van der Waals surface area contributed by atoms with Crippen molar-refractivity contribution < 1.29 is 14.3 Å². The summed E-state index contributed by atoms with van der Waals surface area (Å²) < 4.78 is 5.22. The van der Waals surface area contributed by atoms with E-state index in [0.29, 0.717) is 24.6 Å². The molecule has 1 fully saturated rings. The molecule has 1 aliphatic rings. The Morgan fingerprint density at radius 1 is 1.11 bits per heavy atom. The fourth-order valence-corrected chi connectivity index (χ4v) is 3.69. The molecule has 1 saturated heterocycles. The summed E-state index contributed by atoms with van der Waals surface area (Å²) in [6, 6.07) is 8.01. The quantitative estimate of drug-likeness (QED) is 0.684. The van der Waals surface area contributed by atoms with E-state index in [9.17, 15) is 9.59 Å². The molecule has 0 atom stereocenters. The summed E-state index contributed by atoms with van der Waals surface area (Å²) in [7, 11) is 3.30. The SMILES string of the molecule is CCCN(CC)C1CCN(C(=O)CCc2ccc(OC(=O)N(C)C)cc2)CC1. The zero-order valence-corrected chi connectivity index (χ0v) is 17.8. The van der Waals surface area contributed by atoms with Crippen LogP contribution in [0.1, 0.15) is 45.1 Å². The first-order chi connectivity index (χ1) is 13.4. The summed E-state index contributed by atoms with van der Waals surface area (Å²) in [5.41, 5.74) is 1.08. The number of amides is 2. The summed E-state index contributed by atoms with van der Waals surface area (Å²) in [5.74, 6) is 0.753. The van der Waals surface area contributed by atoms with Crippen LogP contribution in [0.4, 0.5) is 4.79 Å². The lowest BCUT2D eigenvalue weighted by Crippen LogP contribution is -2.47. The molecule has 1 aromatic rings. The van der Waals surface area contributed by atoms with Crippen LogP contribution in [0.25, 0.3) is 0 Å². The molecule has 28 heavy (non-hydrogen) atoms. The molecule has 0 bridgehead atoms. The van der Waals surface area contributed by atoms with Gasteiger partial charge < -0.3 is 19.4 Å². The van der Waals surface area contributed by atoms with Gasteiger partial charge in [0.05, 0.1) is 0 Å². The highest BCUT2D eigenvalue weighted by Gasteiger charge is 2.25. The van der Waals surface area contributed by atoms with Crippen LogP contribution in [0.5, 0.6) is 5.75 Å². The van der Waals surface area contributed by atoms with E-state index >= 15 is 0 Å². The van der Waals surface area contributed by atoms with Crippen molar-refractivity contribution in [1.29, 1.82) is 0 Å². The number of nitrogens with zero attached hydrogens (tertiary/aromatic N) is 3. The molecule has 1 aliphatic heterocycles. The zero-order valence-electron chi connectivity index (χ0n) is 17.8. The van der Waals surface area contributed by atoms with E-state index in [1.54, 1.807) is 26.2 Å². The molecule has 6 nitrogen and oxygen atoms in total. The molecular formula is C22H35N3O3. The van der Waals surface area contributed by atoms with Gasteiger partial charge in [-0.05, 0) is 56.5 Å². The lowest BCUT2D eigenvalue weighted by molar-refractivity contribution is -0.132. The van der Waals surface area contributed by atoms with E-state index in [1.165, 1.54) is 11.3 Å². The van der Waals surface area contributed by atoms with Crippen LogP contribution >= 0.6 is 0 Å². The van der Waals surface area contributed by atoms with Gasteiger partial charge in [0.1, 0.15) is 5.75 Å². The second-order valence-corrected chi connectivity index (χ2v) is 7.65. The number of carbonyl (C=O) groups excluding carboxylic acids is 2. The molecule has 6 heteroatoms. The Hall–Kier alpha value is -2.08. The molecule has 0 aromatic heterocycles. The lowest BCUT2D eigenvalue weighted by Gasteiger charge is -2.38. The Balaban J connectivity index is 1.76. The van der Waals surface area contributed by atoms with Crippen LogP contribution in [0.3, 0.4) is 0 Å². The molecule has 156 valence electrons. The van der Waals surface area contributed by atoms with Gasteiger partial charge in [-0.3, -0.25) is 4.79 Å². The largest absolute Gasteiger partial charge is 0.414 e. The minimum absolute atomic E-state index is 0.236. The summed E-state index contributed by atoms with van der Waals surface area (Å²) in [4.78, 5) is 30.1. The van der Waals surface area contributed by atoms with Crippen molar-refractivity contribution >= 4 is 12.0 Å². The lowest BCUT2D eigenvalue weighted by atomic mass is 10.0. The van der Waals surface area contributed by atoms with Gasteiger partial charge in [-0.15, -0.1) is 0 Å². The minimum atomic E-state index is -0.396. The van der Waals surface area contributed by atoms with Gasteiger partial charge >= 0.3 is 6.09 Å². The molecule has 2 amide bonds. The number of carbonyl (C=O) groups is 2. The van der Waals surface area contributed by atoms with Crippen LogP contribution in [0.2, 0.25) is 0 Å². The number of ether oxygens (including phenoxy) is 1. The standard InChI is InChI=1S/C22H35N3O3/c1-5-15-24(6-2)19-13-16-25(17-14-19)21(26)12-9-18-7-10-20(11-8-18)28-22(27)23(3)4/h7-8,10-11,19H,5-6,9,12-17H2,1-4H3. The monoisotopic (exact) mass is 389 g/mol. The summed E-state index contributed by atoms with van der Waals surface area (Å²) in [6.45, 7) is 8.41. The number of rotatable bonds is 8. The molecule has 1 heterocycles. The Bertz CT molecular complexity index is 622. The molecule has 0 N–H and O–H groups in total. The van der Waals surface area contributed by atoms with Crippen LogP contribution in [0.15, 0.2) is 24.3 Å². The molecule has 1 aromatic carbocycles. The molecular weight excluding hydrogens is 354 g/mol. The molecule has 0 radical (unpaired) electrons. The number of piperidine rings is 1. The van der Waals surface area contributed by atoms with Crippen LogP contribution in [-0.4, -0.2) is 73.0 Å². The highest BCUT2D eigenvalue weighted by atomic mass is 16.6. The van der Waals surface area contributed by atoms with Crippen LogP contribution in [-0.2, 0) is 11.2 Å². The number of likely N-dealkylation sites (tertiary alicyclic amines) is 1. The Labute approximate surface area is 169 Å². The smallest absolute Gasteiger partial charge is 0.410 e. The van der Waals surface area contributed by atoms with Crippen molar-refractivity contribution in [2.45, 2.75) is 52.0 Å². The van der Waals surface area contributed by atoms with Gasteiger partial charge in [0.15, 0.2) is 0 Å². The van der Waals surface area contributed by atoms with Gasteiger partial charge in [-0.25, -0.2) is 4.79 Å². The van der Waals surface area contributed by atoms with Crippen molar-refractivity contribution in [2.75, 3.05) is 40.3 Å². The van der Waals surface area contributed by atoms with E-state index < -0.39 is 6.09 Å². The first kappa shape index (κ1) is 22.2. The maximum absolute atomic E-state index is 12.6. The summed E-state index contributed by atoms with van der Waals surface area (Å²) >= 11 is 0. The average Bonchev–Trinajstić information content (AvgIpc) is 2.71. The third-order valence-electron chi connectivity index (χ3n) is 5.37.